The molecule has 1 rings (SSSR count). The largest absolute Gasteiger partial charge is 0.480 e. The number of aliphatic carboxylic acids is 1. The van der Waals surface area contributed by atoms with E-state index in [9.17, 15) is 18.0 Å². The normalized spacial score (nSPS) is 11.3. The van der Waals surface area contributed by atoms with E-state index in [4.69, 9.17) is 5.11 Å². The van der Waals surface area contributed by atoms with Crippen molar-refractivity contribution in [3.05, 3.63) is 18.0 Å². The third-order valence-corrected chi connectivity index (χ3v) is 1.75. The van der Waals surface area contributed by atoms with Crippen molar-refractivity contribution in [1.82, 2.24) is 9.97 Å². The Hall–Kier alpha value is -1.86. The van der Waals surface area contributed by atoms with E-state index in [2.05, 4.69) is 9.97 Å². The lowest BCUT2D eigenvalue weighted by atomic mass is 10.4. The number of carbonyl (C=O) groups is 1. The molecule has 0 aliphatic carbocycles. The highest BCUT2D eigenvalue weighted by atomic mass is 19.4. The van der Waals surface area contributed by atoms with Crippen molar-refractivity contribution < 1.29 is 23.1 Å². The van der Waals surface area contributed by atoms with Gasteiger partial charge in [-0.25, -0.2) is 9.97 Å². The molecular formula is C9H10F3N3O2. The molecule has 1 aromatic heterocycles. The fourth-order valence-corrected chi connectivity index (χ4v) is 1.13. The average Bonchev–Trinajstić information content (AvgIpc) is 2.14. The number of rotatable bonds is 4. The molecule has 0 atom stereocenters. The van der Waals surface area contributed by atoms with E-state index in [1.807, 2.05) is 0 Å². The summed E-state index contributed by atoms with van der Waals surface area (Å²) >= 11 is 0. The van der Waals surface area contributed by atoms with Crippen molar-refractivity contribution in [3.8, 4) is 0 Å². The molecule has 0 unspecified atom stereocenters. The zero-order valence-electron chi connectivity index (χ0n) is 8.90. The first kappa shape index (κ1) is 13.2. The Morgan fingerprint density at radius 1 is 1.41 bits per heavy atom. The zero-order valence-corrected chi connectivity index (χ0v) is 8.90. The van der Waals surface area contributed by atoms with Gasteiger partial charge in [0.25, 0.3) is 0 Å². The fourth-order valence-electron chi connectivity index (χ4n) is 1.13. The Morgan fingerprint density at radius 2 is 1.94 bits per heavy atom. The number of aryl methyl sites for hydroxylation is 1. The van der Waals surface area contributed by atoms with Crippen molar-refractivity contribution in [3.63, 3.8) is 0 Å². The molecule has 8 heteroatoms. The Morgan fingerprint density at radius 3 is 2.35 bits per heavy atom. The quantitative estimate of drug-likeness (QED) is 0.869. The van der Waals surface area contributed by atoms with Gasteiger partial charge in [0, 0.05) is 12.4 Å². The molecule has 1 aromatic rings. The standard InChI is InChI=1S/C9H10F3N3O2/c1-6-2-13-8(14-3-6)15(4-7(16)17)5-9(10,11)12/h2-3H,4-5H2,1H3,(H,16,17). The van der Waals surface area contributed by atoms with Gasteiger partial charge in [0.2, 0.25) is 5.95 Å². The SMILES string of the molecule is Cc1cnc(N(CC(=O)O)CC(F)(F)F)nc1. The smallest absolute Gasteiger partial charge is 0.406 e. The van der Waals surface area contributed by atoms with Gasteiger partial charge in [0.15, 0.2) is 0 Å². The summed E-state index contributed by atoms with van der Waals surface area (Å²) in [6, 6.07) is 0. The maximum Gasteiger partial charge on any atom is 0.406 e. The van der Waals surface area contributed by atoms with Crippen LogP contribution < -0.4 is 4.90 Å². The monoisotopic (exact) mass is 249 g/mol. The number of alkyl halides is 3. The second-order valence-electron chi connectivity index (χ2n) is 3.43. The summed E-state index contributed by atoms with van der Waals surface area (Å²) in [4.78, 5) is 18.4. The van der Waals surface area contributed by atoms with E-state index < -0.39 is 25.2 Å². The lowest BCUT2D eigenvalue weighted by Gasteiger charge is -2.21. The first-order chi connectivity index (χ1) is 7.78. The molecule has 17 heavy (non-hydrogen) atoms. The van der Waals surface area contributed by atoms with Gasteiger partial charge in [-0.15, -0.1) is 0 Å². The molecule has 0 saturated heterocycles. The molecular weight excluding hydrogens is 239 g/mol. The second-order valence-corrected chi connectivity index (χ2v) is 3.43. The lowest BCUT2D eigenvalue weighted by molar-refractivity contribution is -0.136. The van der Waals surface area contributed by atoms with Crippen LogP contribution in [0.5, 0.6) is 0 Å². The van der Waals surface area contributed by atoms with Gasteiger partial charge in [-0.3, -0.25) is 4.79 Å². The highest BCUT2D eigenvalue weighted by Crippen LogP contribution is 2.19. The van der Waals surface area contributed by atoms with Crippen molar-refractivity contribution in [1.29, 1.82) is 0 Å². The minimum absolute atomic E-state index is 0.254. The number of hydrogen-bond donors (Lipinski definition) is 1. The highest BCUT2D eigenvalue weighted by Gasteiger charge is 2.32. The minimum atomic E-state index is -4.51. The molecule has 0 radical (unpaired) electrons. The summed E-state index contributed by atoms with van der Waals surface area (Å²) < 4.78 is 36.7. The van der Waals surface area contributed by atoms with Gasteiger partial charge in [-0.2, -0.15) is 13.2 Å². The third-order valence-electron chi connectivity index (χ3n) is 1.75. The van der Waals surface area contributed by atoms with Crippen molar-refractivity contribution >= 4 is 11.9 Å². The molecule has 0 aliphatic heterocycles. The van der Waals surface area contributed by atoms with E-state index in [-0.39, 0.29) is 5.95 Å². The molecule has 0 saturated carbocycles. The average molecular weight is 249 g/mol. The molecule has 0 aromatic carbocycles. The van der Waals surface area contributed by atoms with Gasteiger partial charge < -0.3 is 10.0 Å². The Labute approximate surface area is 94.9 Å². The maximum atomic E-state index is 12.2. The van der Waals surface area contributed by atoms with Crippen LogP contribution in [0.3, 0.4) is 0 Å². The molecule has 1 N–H and O–H groups in total. The molecule has 0 amide bonds. The number of carboxylic acids is 1. The molecule has 0 fully saturated rings. The van der Waals surface area contributed by atoms with Crippen LogP contribution in [-0.4, -0.2) is 40.3 Å². The summed E-state index contributed by atoms with van der Waals surface area (Å²) in [6.45, 7) is -0.528. The maximum absolute atomic E-state index is 12.2. The van der Waals surface area contributed by atoms with E-state index in [0.29, 0.717) is 10.5 Å². The predicted molar refractivity (Wildman–Crippen MR) is 52.7 cm³/mol. The first-order valence-electron chi connectivity index (χ1n) is 4.60. The lowest BCUT2D eigenvalue weighted by Crippen LogP contribution is -2.39. The van der Waals surface area contributed by atoms with E-state index in [1.54, 1.807) is 6.92 Å². The topological polar surface area (TPSA) is 66.3 Å². The molecule has 0 aliphatic rings. The molecule has 5 nitrogen and oxygen atoms in total. The predicted octanol–water partition coefficient (Wildman–Crippen LogP) is 1.24. The van der Waals surface area contributed by atoms with Crippen LogP contribution >= 0.6 is 0 Å². The summed E-state index contributed by atoms with van der Waals surface area (Å²) in [6.07, 6.45) is -1.86. The van der Waals surface area contributed by atoms with Crippen molar-refractivity contribution in [2.24, 2.45) is 0 Å². The summed E-state index contributed by atoms with van der Waals surface area (Å²) in [7, 11) is 0. The fraction of sp³-hybridized carbons (Fsp3) is 0.444. The minimum Gasteiger partial charge on any atom is -0.480 e. The van der Waals surface area contributed by atoms with Gasteiger partial charge in [0.05, 0.1) is 0 Å². The van der Waals surface area contributed by atoms with Crippen LogP contribution in [-0.2, 0) is 4.79 Å². The van der Waals surface area contributed by atoms with Crippen LogP contribution in [0, 0.1) is 6.92 Å². The van der Waals surface area contributed by atoms with Crippen LogP contribution in [0.1, 0.15) is 5.56 Å². The van der Waals surface area contributed by atoms with Gasteiger partial charge in [-0.05, 0) is 12.5 Å². The summed E-state index contributed by atoms with van der Waals surface area (Å²) in [5, 5.41) is 8.53. The van der Waals surface area contributed by atoms with Crippen LogP contribution in [0.15, 0.2) is 12.4 Å². The number of aromatic nitrogens is 2. The van der Waals surface area contributed by atoms with Gasteiger partial charge in [-0.1, -0.05) is 0 Å². The van der Waals surface area contributed by atoms with Crippen molar-refractivity contribution in [2.75, 3.05) is 18.0 Å². The molecule has 0 bridgehead atoms. The van der Waals surface area contributed by atoms with Gasteiger partial charge in [0.1, 0.15) is 13.1 Å². The Bertz CT molecular complexity index is 391. The highest BCUT2D eigenvalue weighted by molar-refractivity contribution is 5.72. The summed E-state index contributed by atoms with van der Waals surface area (Å²) in [5.74, 6) is -1.63. The molecule has 1 heterocycles. The number of carboxylic acid groups (broad SMARTS) is 1. The first-order valence-corrected chi connectivity index (χ1v) is 4.60. The molecule has 0 spiro atoms. The van der Waals surface area contributed by atoms with Gasteiger partial charge >= 0.3 is 12.1 Å². The third kappa shape index (κ3) is 4.66. The van der Waals surface area contributed by atoms with Crippen LogP contribution in [0.2, 0.25) is 0 Å². The number of anilines is 1. The number of halogens is 3. The van der Waals surface area contributed by atoms with E-state index >= 15 is 0 Å². The number of nitrogens with zero attached hydrogens (tertiary/aromatic N) is 3. The van der Waals surface area contributed by atoms with E-state index in [0.717, 1.165) is 0 Å². The second kappa shape index (κ2) is 4.98. The molecule has 94 valence electrons. The van der Waals surface area contributed by atoms with Crippen LogP contribution in [0.4, 0.5) is 19.1 Å². The summed E-state index contributed by atoms with van der Waals surface area (Å²) in [5.41, 5.74) is 0.677. The van der Waals surface area contributed by atoms with Crippen LogP contribution in [0.25, 0.3) is 0 Å². The Kier molecular flexibility index (Phi) is 3.87. The Balaban J connectivity index is 2.89. The van der Waals surface area contributed by atoms with Crippen molar-refractivity contribution in [2.45, 2.75) is 13.1 Å². The van der Waals surface area contributed by atoms with E-state index in [1.165, 1.54) is 12.4 Å². The number of hydrogen-bond acceptors (Lipinski definition) is 4. The zero-order chi connectivity index (χ0) is 13.1.